The van der Waals surface area contributed by atoms with E-state index in [4.69, 9.17) is 30.5 Å². The number of anilines is 1. The molecule has 0 fully saturated rings. The van der Waals surface area contributed by atoms with E-state index in [9.17, 15) is 114 Å². The number of nitrogens with two attached hydrogens (primary N) is 1. The zero-order valence-corrected chi connectivity index (χ0v) is 55.4. The van der Waals surface area contributed by atoms with E-state index in [0.29, 0.717) is 75.0 Å². The molecule has 0 saturated carbocycles. The number of carbonyl (C=O) groups excluding carboxylic acids is 9. The SMILES string of the molecule is CCCOc1c(C)c(C(=O)[O-])c(OCCC)c(C)c1C(=O)[O-].Cc1c(C)c(C(=O)[O-])c(Br)c(C)c1C(=O)[O-].Cc1c(C)c(C(=O)[O-])c(C)c(C)c1C(=O)[O-].Cc1c(C)c(C(=O)[O-])c(N)c(C)c1C(=O)[O-].O=C(O)c1cc([O-])c(C(=O)O)cc1[O-].O=C([O-])c1ccc(C(=O)O)cc1. The zero-order valence-electron chi connectivity index (χ0n) is 53.8. The minimum Gasteiger partial charge on any atom is -0.872 e. The Labute approximate surface area is 555 Å². The lowest BCUT2D eigenvalue weighted by Gasteiger charge is -2.24. The fourth-order valence-corrected chi connectivity index (χ4v) is 9.85. The highest BCUT2D eigenvalue weighted by Gasteiger charge is 2.24. The highest BCUT2D eigenvalue weighted by Crippen LogP contribution is 2.39. The minimum absolute atomic E-state index is 0.00222. The summed E-state index contributed by atoms with van der Waals surface area (Å²) in [7, 11) is 0. The fraction of sp³-hybridized carbons (Fsp3) is 0.273. The Morgan fingerprint density at radius 1 is 0.354 bits per heavy atom. The van der Waals surface area contributed by atoms with Crippen molar-refractivity contribution in [3.05, 3.63) is 174 Å². The van der Waals surface area contributed by atoms with Crippen LogP contribution >= 0.6 is 15.9 Å². The Hall–Kier alpha value is -11.6. The Balaban J connectivity index is 0.000000581. The molecule has 0 aliphatic carbocycles. The smallest absolute Gasteiger partial charge is 0.335 e. The number of carboxylic acid groups (broad SMARTS) is 12. The number of benzene rings is 6. The number of nitrogen functional groups attached to an aromatic ring is 1. The van der Waals surface area contributed by atoms with E-state index >= 15 is 0 Å². The van der Waals surface area contributed by atoms with Gasteiger partial charge in [-0.15, -0.1) is 0 Å². The molecule has 0 aromatic heterocycles. The molecule has 5 N–H and O–H groups in total. The first-order chi connectivity index (χ1) is 44.3. The summed E-state index contributed by atoms with van der Waals surface area (Å²) in [4.78, 5) is 130. The van der Waals surface area contributed by atoms with Crippen molar-refractivity contribution in [2.24, 2.45) is 0 Å². The van der Waals surface area contributed by atoms with E-state index in [1.54, 1.807) is 34.6 Å². The summed E-state index contributed by atoms with van der Waals surface area (Å²) in [5.74, 6) is -18.3. The summed E-state index contributed by atoms with van der Waals surface area (Å²) in [6.45, 7) is 22.5. The first kappa shape index (κ1) is 82.5. The lowest BCUT2D eigenvalue weighted by Crippen LogP contribution is -2.29. The van der Waals surface area contributed by atoms with Crippen molar-refractivity contribution >= 4 is 93.2 Å². The molecule has 29 nitrogen and oxygen atoms in total. The maximum absolute atomic E-state index is 11.5. The van der Waals surface area contributed by atoms with Gasteiger partial charge in [0.2, 0.25) is 0 Å². The molecular weight excluding hydrogens is 1330 g/mol. The number of halogens is 1. The maximum Gasteiger partial charge on any atom is 0.335 e. The molecule has 0 unspecified atom stereocenters. The molecule has 0 amide bonds. The van der Waals surface area contributed by atoms with E-state index in [-0.39, 0.29) is 107 Å². The lowest BCUT2D eigenvalue weighted by atomic mass is 9.89. The van der Waals surface area contributed by atoms with Crippen LogP contribution in [-0.4, -0.2) is 100 Å². The van der Waals surface area contributed by atoms with Gasteiger partial charge in [0.15, 0.2) is 0 Å². The van der Waals surface area contributed by atoms with Gasteiger partial charge in [-0.1, -0.05) is 49.6 Å². The third-order valence-electron chi connectivity index (χ3n) is 14.6. The number of hydrogen-bond acceptors (Lipinski definition) is 26. The molecule has 0 bridgehead atoms. The summed E-state index contributed by atoms with van der Waals surface area (Å²) in [5, 5.41) is 146. The normalized spacial score (nSPS) is 10.1. The van der Waals surface area contributed by atoms with Crippen LogP contribution in [0.4, 0.5) is 5.69 Å². The van der Waals surface area contributed by atoms with E-state index in [1.165, 1.54) is 72.7 Å². The summed E-state index contributed by atoms with van der Waals surface area (Å²) in [5.41, 5.74) is 7.61. The predicted octanol–water partition coefficient (Wildman–Crippen LogP) is -1.74. The molecule has 0 saturated heterocycles. The lowest BCUT2D eigenvalue weighted by molar-refractivity contribution is -0.275. The molecule has 516 valence electrons. The van der Waals surface area contributed by atoms with Crippen LogP contribution in [-0.2, 0) is 0 Å². The molecule has 30 heteroatoms. The third-order valence-corrected chi connectivity index (χ3v) is 15.5. The van der Waals surface area contributed by atoms with E-state index in [2.05, 4.69) is 15.9 Å². The highest BCUT2D eigenvalue weighted by atomic mass is 79.9. The second-order valence-electron chi connectivity index (χ2n) is 20.5. The van der Waals surface area contributed by atoms with E-state index < -0.39 is 94.3 Å². The predicted molar refractivity (Wildman–Crippen MR) is 318 cm³/mol. The minimum atomic E-state index is -1.55. The standard InChI is InChI=1S/C16H22O6.C12H14O4.C11H11BrO4.C11H13NO4.C8H6O6.C8H6O4/c1-5-7-21-13-9(3)12(16(19)20)14(22-8-6-2)10(4)11(13)15(17)18;1-5-6(2)10(12(15)16)8(4)7(3)9(5)11(13)14;2*1-4-5(2)8(11(15)16)9(12)6(3)7(4)10(13)14;9-5-1-3(7(11)12)6(10)2-4(5)8(13)14;9-7(10)5-1-2-6(4-3-5)8(11)12/h5-8H2,1-4H3,(H,17,18)(H,19,20);1-4H3,(H,13,14)(H,15,16);1-3H3,(H,13,14)(H,15,16);12H2,1-3H3,(H,13,14)(H,15,16);1-2,9-10H,(H,11,12)(H,13,14);1-4H,(H,9,10)(H,11,12)/p-11. The van der Waals surface area contributed by atoms with Gasteiger partial charge in [0.05, 0.1) is 83.6 Å². The monoisotopic (exact) mass is 1390 g/mol. The molecule has 96 heavy (non-hydrogen) atoms. The molecular formula is C66H61BrNO28-11. The van der Waals surface area contributed by atoms with Crippen LogP contribution in [0.25, 0.3) is 0 Å². The molecule has 6 aromatic carbocycles. The van der Waals surface area contributed by atoms with Crippen molar-refractivity contribution in [3.63, 3.8) is 0 Å². The molecule has 6 aromatic rings. The first-order valence-electron chi connectivity index (χ1n) is 27.7. The van der Waals surface area contributed by atoms with Crippen LogP contribution in [0.15, 0.2) is 40.9 Å². The van der Waals surface area contributed by atoms with Crippen LogP contribution in [0, 0.1) is 83.1 Å². The third kappa shape index (κ3) is 19.7. The van der Waals surface area contributed by atoms with Gasteiger partial charge < -0.3 is 130 Å². The molecule has 0 aliphatic rings. The quantitative estimate of drug-likeness (QED) is 0.0694. The molecule has 0 spiro atoms. The number of rotatable bonds is 18. The van der Waals surface area contributed by atoms with Crippen molar-refractivity contribution < 1.29 is 138 Å². The highest BCUT2D eigenvalue weighted by molar-refractivity contribution is 9.10. The van der Waals surface area contributed by atoms with Crippen molar-refractivity contribution in [1.29, 1.82) is 0 Å². The Morgan fingerprint density at radius 3 is 0.854 bits per heavy atom. The van der Waals surface area contributed by atoms with Crippen LogP contribution < -0.4 is 71.4 Å². The number of carboxylic acids is 12. The van der Waals surface area contributed by atoms with Crippen LogP contribution in [0.5, 0.6) is 23.0 Å². The van der Waals surface area contributed by atoms with Gasteiger partial charge in [-0.25, -0.2) is 14.4 Å². The number of hydrogen-bond donors (Lipinski definition) is 4. The maximum atomic E-state index is 11.5. The fourth-order valence-electron chi connectivity index (χ4n) is 9.19. The average Bonchev–Trinajstić information content (AvgIpc) is 0.802. The molecule has 0 aliphatic heterocycles. The van der Waals surface area contributed by atoms with E-state index in [1.807, 2.05) is 13.8 Å². The molecule has 0 atom stereocenters. The van der Waals surface area contributed by atoms with E-state index in [0.717, 1.165) is 0 Å². The van der Waals surface area contributed by atoms with Gasteiger partial charge >= 0.3 is 17.9 Å². The van der Waals surface area contributed by atoms with Crippen molar-refractivity contribution in [1.82, 2.24) is 0 Å². The molecule has 6 rings (SSSR count). The topological polar surface area (TPSA) is 564 Å². The van der Waals surface area contributed by atoms with Gasteiger partial charge in [-0.2, -0.15) is 0 Å². The Kier molecular flexibility index (Phi) is 30.5. The molecule has 0 radical (unpaired) electrons. The van der Waals surface area contributed by atoms with Crippen molar-refractivity contribution in [3.8, 4) is 23.0 Å². The zero-order chi connectivity index (χ0) is 74.7. The largest absolute Gasteiger partial charge is 0.872 e. The van der Waals surface area contributed by atoms with Crippen LogP contribution in [0.3, 0.4) is 0 Å². The summed E-state index contributed by atoms with van der Waals surface area (Å²) >= 11 is 3.07. The number of carbonyl (C=O) groups is 12. The first-order valence-corrected chi connectivity index (χ1v) is 28.5. The van der Waals surface area contributed by atoms with Crippen LogP contribution in [0.1, 0.15) is 218 Å². The summed E-state index contributed by atoms with van der Waals surface area (Å²) < 4.78 is 11.1. The summed E-state index contributed by atoms with van der Waals surface area (Å²) in [6, 6.07) is 5.83. The van der Waals surface area contributed by atoms with Gasteiger partial charge in [0, 0.05) is 65.8 Å². The molecule has 0 heterocycles. The van der Waals surface area contributed by atoms with Crippen molar-refractivity contribution in [2.45, 2.75) is 110 Å². The summed E-state index contributed by atoms with van der Waals surface area (Å²) in [6.07, 6.45) is 1.30. The van der Waals surface area contributed by atoms with Gasteiger partial charge in [-0.05, 0) is 185 Å². The van der Waals surface area contributed by atoms with Gasteiger partial charge in [0.1, 0.15) is 11.5 Å². The van der Waals surface area contributed by atoms with Crippen LogP contribution in [0.2, 0.25) is 0 Å². The van der Waals surface area contributed by atoms with Crippen molar-refractivity contribution in [2.75, 3.05) is 18.9 Å². The Bertz CT molecular complexity index is 3560. The van der Waals surface area contributed by atoms with Gasteiger partial charge in [-0.3, -0.25) is 0 Å². The number of aromatic carboxylic acids is 12. The number of ether oxygens (including phenoxy) is 2. The Morgan fingerprint density at radius 2 is 0.604 bits per heavy atom. The average molecular weight is 1400 g/mol. The van der Waals surface area contributed by atoms with Gasteiger partial charge in [0.25, 0.3) is 0 Å². The second kappa shape index (κ2) is 35.5. The second-order valence-corrected chi connectivity index (χ2v) is 21.3.